The molecule has 0 aromatic rings. The van der Waals surface area contributed by atoms with Crippen LogP contribution in [-0.4, -0.2) is 25.2 Å². The van der Waals surface area contributed by atoms with Gasteiger partial charge in [-0.3, -0.25) is 9.59 Å². The molecule has 0 aromatic carbocycles. The minimum atomic E-state index is -0.846. The van der Waals surface area contributed by atoms with E-state index in [0.717, 1.165) is 0 Å². The fourth-order valence-corrected chi connectivity index (χ4v) is 0.694. The zero-order valence-corrected chi connectivity index (χ0v) is 9.37. The molecule has 2 atom stereocenters. The molecular weight excluding hydrogens is 184 g/mol. The van der Waals surface area contributed by atoms with Crippen molar-refractivity contribution < 1.29 is 19.1 Å². The molecule has 0 aliphatic heterocycles. The Balaban J connectivity index is 4.14. The second-order valence-electron chi connectivity index (χ2n) is 3.63. The Morgan fingerprint density at radius 3 is 1.86 bits per heavy atom. The minimum Gasteiger partial charge on any atom is -0.468 e. The van der Waals surface area contributed by atoms with E-state index in [-0.39, 0.29) is 12.0 Å². The molecule has 0 heterocycles. The molecule has 0 radical (unpaired) electrons. The summed E-state index contributed by atoms with van der Waals surface area (Å²) in [4.78, 5) is 22.3. The van der Waals surface area contributed by atoms with Crippen LogP contribution in [0.4, 0.5) is 0 Å². The first-order valence-corrected chi connectivity index (χ1v) is 4.68. The molecule has 0 saturated carbocycles. The van der Waals surface area contributed by atoms with Crippen molar-refractivity contribution in [1.29, 1.82) is 0 Å². The largest absolute Gasteiger partial charge is 0.468 e. The van der Waals surface area contributed by atoms with E-state index < -0.39 is 17.9 Å². The van der Waals surface area contributed by atoms with Crippen LogP contribution >= 0.6 is 0 Å². The van der Waals surface area contributed by atoms with Crippen molar-refractivity contribution in [2.24, 2.45) is 11.8 Å². The molecule has 4 heteroatoms. The van der Waals surface area contributed by atoms with Crippen molar-refractivity contribution in [2.45, 2.75) is 33.8 Å². The lowest BCUT2D eigenvalue weighted by molar-refractivity contribution is -0.163. The van der Waals surface area contributed by atoms with E-state index in [1.54, 1.807) is 6.92 Å². The maximum Gasteiger partial charge on any atom is 0.320 e. The standard InChI is InChI=1S/C10H18O4/c1-6(2)8(4)14-10(12)7(3)9(11)13-5/h6-8H,1-5H3. The van der Waals surface area contributed by atoms with Crippen LogP contribution in [0.15, 0.2) is 0 Å². The van der Waals surface area contributed by atoms with Crippen LogP contribution in [-0.2, 0) is 19.1 Å². The summed E-state index contributed by atoms with van der Waals surface area (Å²) in [5.74, 6) is -1.70. The van der Waals surface area contributed by atoms with E-state index in [1.807, 2.05) is 13.8 Å². The number of hydrogen-bond donors (Lipinski definition) is 0. The second-order valence-corrected chi connectivity index (χ2v) is 3.63. The summed E-state index contributed by atoms with van der Waals surface area (Å²) in [7, 11) is 1.25. The van der Waals surface area contributed by atoms with Crippen LogP contribution < -0.4 is 0 Å². The van der Waals surface area contributed by atoms with Gasteiger partial charge in [0.2, 0.25) is 0 Å². The molecule has 0 N–H and O–H groups in total. The lowest BCUT2D eigenvalue weighted by Gasteiger charge is -2.18. The molecular formula is C10H18O4. The Morgan fingerprint density at radius 2 is 1.50 bits per heavy atom. The van der Waals surface area contributed by atoms with E-state index in [2.05, 4.69) is 4.74 Å². The summed E-state index contributed by atoms with van der Waals surface area (Å²) < 4.78 is 9.49. The van der Waals surface area contributed by atoms with Crippen LogP contribution in [0.1, 0.15) is 27.7 Å². The van der Waals surface area contributed by atoms with Gasteiger partial charge in [-0.2, -0.15) is 0 Å². The smallest absolute Gasteiger partial charge is 0.320 e. The first kappa shape index (κ1) is 12.9. The highest BCUT2D eigenvalue weighted by molar-refractivity contribution is 5.94. The van der Waals surface area contributed by atoms with Crippen molar-refractivity contribution in [1.82, 2.24) is 0 Å². The van der Waals surface area contributed by atoms with Gasteiger partial charge < -0.3 is 9.47 Å². The van der Waals surface area contributed by atoms with Crippen molar-refractivity contribution in [3.05, 3.63) is 0 Å². The summed E-state index contributed by atoms with van der Waals surface area (Å²) in [5, 5.41) is 0. The summed E-state index contributed by atoms with van der Waals surface area (Å²) in [6.45, 7) is 7.16. The van der Waals surface area contributed by atoms with Gasteiger partial charge in [0.1, 0.15) is 6.10 Å². The number of rotatable bonds is 4. The molecule has 0 spiro atoms. The quantitative estimate of drug-likeness (QED) is 0.510. The average molecular weight is 202 g/mol. The van der Waals surface area contributed by atoms with Gasteiger partial charge in [0.05, 0.1) is 7.11 Å². The normalized spacial score (nSPS) is 14.7. The molecule has 0 rings (SSSR count). The topological polar surface area (TPSA) is 52.6 Å². The predicted octanol–water partition coefficient (Wildman–Crippen LogP) is 1.38. The Labute approximate surface area is 84.6 Å². The van der Waals surface area contributed by atoms with E-state index >= 15 is 0 Å². The molecule has 0 aliphatic rings. The van der Waals surface area contributed by atoms with Gasteiger partial charge in [-0.25, -0.2) is 0 Å². The van der Waals surface area contributed by atoms with Crippen LogP contribution in [0.2, 0.25) is 0 Å². The summed E-state index contributed by atoms with van der Waals surface area (Å²) >= 11 is 0. The first-order valence-electron chi connectivity index (χ1n) is 4.68. The van der Waals surface area contributed by atoms with Crippen molar-refractivity contribution in [3.63, 3.8) is 0 Å². The SMILES string of the molecule is COC(=O)C(C)C(=O)OC(C)C(C)C. The summed E-state index contributed by atoms with van der Waals surface area (Å²) in [6, 6.07) is 0. The molecule has 82 valence electrons. The van der Waals surface area contributed by atoms with Crippen molar-refractivity contribution in [3.8, 4) is 0 Å². The number of methoxy groups -OCH3 is 1. The number of hydrogen-bond acceptors (Lipinski definition) is 4. The molecule has 0 aromatic heterocycles. The average Bonchev–Trinajstić information content (AvgIpc) is 2.14. The summed E-state index contributed by atoms with van der Waals surface area (Å²) in [6.07, 6.45) is -0.186. The highest BCUT2D eigenvalue weighted by atomic mass is 16.6. The molecule has 0 bridgehead atoms. The Hall–Kier alpha value is -1.06. The highest BCUT2D eigenvalue weighted by Crippen LogP contribution is 2.09. The molecule has 0 fully saturated rings. The van der Waals surface area contributed by atoms with Crippen LogP contribution in [0.5, 0.6) is 0 Å². The lowest BCUT2D eigenvalue weighted by Crippen LogP contribution is -2.29. The molecule has 0 aliphatic carbocycles. The van der Waals surface area contributed by atoms with Gasteiger partial charge in [-0.1, -0.05) is 13.8 Å². The maximum absolute atomic E-state index is 11.3. The van der Waals surface area contributed by atoms with E-state index in [1.165, 1.54) is 14.0 Å². The van der Waals surface area contributed by atoms with Gasteiger partial charge in [0.15, 0.2) is 5.92 Å². The lowest BCUT2D eigenvalue weighted by atomic mass is 10.1. The zero-order valence-electron chi connectivity index (χ0n) is 9.37. The van der Waals surface area contributed by atoms with Gasteiger partial charge in [-0.15, -0.1) is 0 Å². The number of ether oxygens (including phenoxy) is 2. The van der Waals surface area contributed by atoms with E-state index in [0.29, 0.717) is 0 Å². The Morgan fingerprint density at radius 1 is 1.00 bits per heavy atom. The Bertz CT molecular complexity index is 210. The number of carbonyl (C=O) groups is 2. The molecule has 4 nitrogen and oxygen atoms in total. The highest BCUT2D eigenvalue weighted by Gasteiger charge is 2.25. The predicted molar refractivity (Wildman–Crippen MR) is 51.6 cm³/mol. The third kappa shape index (κ3) is 3.77. The van der Waals surface area contributed by atoms with E-state index in [9.17, 15) is 9.59 Å². The number of carbonyl (C=O) groups excluding carboxylic acids is 2. The Kier molecular flexibility index (Phi) is 5.20. The van der Waals surface area contributed by atoms with Crippen LogP contribution in [0.3, 0.4) is 0 Å². The molecule has 0 saturated heterocycles. The summed E-state index contributed by atoms with van der Waals surface area (Å²) in [5.41, 5.74) is 0. The van der Waals surface area contributed by atoms with Gasteiger partial charge >= 0.3 is 11.9 Å². The van der Waals surface area contributed by atoms with Crippen LogP contribution in [0, 0.1) is 11.8 Å². The minimum absolute atomic E-state index is 0.186. The molecule has 2 unspecified atom stereocenters. The van der Waals surface area contributed by atoms with Gasteiger partial charge in [0.25, 0.3) is 0 Å². The van der Waals surface area contributed by atoms with Crippen LogP contribution in [0.25, 0.3) is 0 Å². The second kappa shape index (κ2) is 5.62. The van der Waals surface area contributed by atoms with E-state index in [4.69, 9.17) is 4.74 Å². The fourth-order valence-electron chi connectivity index (χ4n) is 0.694. The first-order chi connectivity index (χ1) is 6.40. The zero-order chi connectivity index (χ0) is 11.3. The van der Waals surface area contributed by atoms with Crippen molar-refractivity contribution >= 4 is 11.9 Å². The molecule has 0 amide bonds. The monoisotopic (exact) mass is 202 g/mol. The fraction of sp³-hybridized carbons (Fsp3) is 0.800. The maximum atomic E-state index is 11.3. The van der Waals surface area contributed by atoms with Gasteiger partial charge in [-0.05, 0) is 19.8 Å². The number of esters is 2. The third-order valence-corrected chi connectivity index (χ3v) is 2.15. The molecule has 14 heavy (non-hydrogen) atoms. The third-order valence-electron chi connectivity index (χ3n) is 2.15. The van der Waals surface area contributed by atoms with Gasteiger partial charge in [0, 0.05) is 0 Å². The van der Waals surface area contributed by atoms with Crippen molar-refractivity contribution in [2.75, 3.05) is 7.11 Å².